The first-order valence-electron chi connectivity index (χ1n) is 11.5. The molecule has 0 bridgehead atoms. The van der Waals surface area contributed by atoms with Gasteiger partial charge in [-0.05, 0) is 29.8 Å². The molecule has 3 aromatic rings. The number of rotatable bonds is 6. The normalized spacial score (nSPS) is 16.5. The summed E-state index contributed by atoms with van der Waals surface area (Å²) in [5.41, 5.74) is 4.37. The molecule has 34 heavy (non-hydrogen) atoms. The Hall–Kier alpha value is -3.07. The minimum atomic E-state index is -0.195. The molecule has 0 spiro atoms. The van der Waals surface area contributed by atoms with Crippen molar-refractivity contribution >= 4 is 34.6 Å². The van der Waals surface area contributed by atoms with E-state index in [1.807, 2.05) is 30.3 Å². The first-order chi connectivity index (χ1) is 16.7. The van der Waals surface area contributed by atoms with E-state index in [9.17, 15) is 4.79 Å². The summed E-state index contributed by atoms with van der Waals surface area (Å²) in [7, 11) is 0. The highest BCUT2D eigenvalue weighted by molar-refractivity contribution is 6.31. The summed E-state index contributed by atoms with van der Waals surface area (Å²) < 4.78 is 12.8. The van der Waals surface area contributed by atoms with Crippen molar-refractivity contribution in [1.82, 2.24) is 9.78 Å². The first kappa shape index (κ1) is 22.7. The Morgan fingerprint density at radius 2 is 1.68 bits per heavy atom. The third kappa shape index (κ3) is 5.19. The smallest absolute Gasteiger partial charge is 0.258 e. The number of ether oxygens (including phenoxy) is 2. The van der Waals surface area contributed by atoms with Gasteiger partial charge in [0.15, 0.2) is 0 Å². The van der Waals surface area contributed by atoms with Gasteiger partial charge in [0.2, 0.25) is 0 Å². The van der Waals surface area contributed by atoms with Crippen LogP contribution in [0.4, 0.5) is 17.1 Å². The molecular formula is C25H28ClN5O3. The predicted octanol–water partition coefficient (Wildman–Crippen LogP) is 3.51. The SMILES string of the molecule is O=C(Nc1ccc(N2CCOCC2)cc1N1CCOCC1)c1cnn(Cc2ccccc2Cl)c1. The summed E-state index contributed by atoms with van der Waals surface area (Å²) in [5, 5.41) is 8.13. The number of carbonyl (C=O) groups excluding carboxylic acids is 1. The average molecular weight is 482 g/mol. The average Bonchev–Trinajstić information content (AvgIpc) is 3.35. The van der Waals surface area contributed by atoms with Crippen LogP contribution in [-0.4, -0.2) is 68.3 Å². The number of anilines is 3. The molecule has 2 aliphatic rings. The van der Waals surface area contributed by atoms with Crippen LogP contribution in [0.25, 0.3) is 0 Å². The number of hydrogen-bond donors (Lipinski definition) is 1. The van der Waals surface area contributed by atoms with Crippen LogP contribution in [0.1, 0.15) is 15.9 Å². The number of benzene rings is 2. The topological polar surface area (TPSA) is 71.9 Å². The Morgan fingerprint density at radius 1 is 0.971 bits per heavy atom. The number of aromatic nitrogens is 2. The fourth-order valence-electron chi connectivity index (χ4n) is 4.27. The van der Waals surface area contributed by atoms with E-state index in [0.29, 0.717) is 30.3 Å². The van der Waals surface area contributed by atoms with Crippen molar-refractivity contribution in [2.45, 2.75) is 6.54 Å². The molecule has 1 aromatic heterocycles. The monoisotopic (exact) mass is 481 g/mol. The minimum Gasteiger partial charge on any atom is -0.378 e. The van der Waals surface area contributed by atoms with Crippen molar-refractivity contribution in [2.24, 2.45) is 0 Å². The van der Waals surface area contributed by atoms with Gasteiger partial charge < -0.3 is 24.6 Å². The number of nitrogens with one attached hydrogen (secondary N) is 1. The highest BCUT2D eigenvalue weighted by atomic mass is 35.5. The highest BCUT2D eigenvalue weighted by Gasteiger charge is 2.20. The van der Waals surface area contributed by atoms with Crippen molar-refractivity contribution in [3.63, 3.8) is 0 Å². The lowest BCUT2D eigenvalue weighted by Gasteiger charge is -2.33. The van der Waals surface area contributed by atoms with Crippen LogP contribution in [0.15, 0.2) is 54.9 Å². The van der Waals surface area contributed by atoms with Gasteiger partial charge in [-0.1, -0.05) is 29.8 Å². The van der Waals surface area contributed by atoms with Gasteiger partial charge in [-0.25, -0.2) is 0 Å². The predicted molar refractivity (Wildman–Crippen MR) is 133 cm³/mol. The van der Waals surface area contributed by atoms with E-state index >= 15 is 0 Å². The van der Waals surface area contributed by atoms with Crippen LogP contribution < -0.4 is 15.1 Å². The van der Waals surface area contributed by atoms with Gasteiger partial charge in [0.25, 0.3) is 5.91 Å². The van der Waals surface area contributed by atoms with E-state index in [1.165, 1.54) is 0 Å². The number of carbonyl (C=O) groups is 1. The molecule has 1 N–H and O–H groups in total. The lowest BCUT2D eigenvalue weighted by molar-refractivity contribution is 0.102. The lowest BCUT2D eigenvalue weighted by Crippen LogP contribution is -2.38. The number of amides is 1. The van der Waals surface area contributed by atoms with Crippen molar-refractivity contribution in [1.29, 1.82) is 0 Å². The zero-order chi connectivity index (χ0) is 23.3. The third-order valence-electron chi connectivity index (χ3n) is 6.14. The second-order valence-corrected chi connectivity index (χ2v) is 8.78. The second kappa shape index (κ2) is 10.5. The van der Waals surface area contributed by atoms with Crippen molar-refractivity contribution in [3.8, 4) is 0 Å². The number of halogens is 1. The van der Waals surface area contributed by atoms with Crippen LogP contribution in [0.3, 0.4) is 0 Å². The molecule has 1 amide bonds. The summed E-state index contributed by atoms with van der Waals surface area (Å²) in [5.74, 6) is -0.195. The first-order valence-corrected chi connectivity index (χ1v) is 11.9. The Balaban J connectivity index is 1.35. The second-order valence-electron chi connectivity index (χ2n) is 8.37. The maximum atomic E-state index is 13.1. The summed E-state index contributed by atoms with van der Waals surface area (Å²) in [6.07, 6.45) is 3.33. The standard InChI is InChI=1S/C25H28ClN5O3/c26-22-4-2-1-3-19(22)17-31-18-20(16-27-31)25(32)28-23-6-5-21(29-7-11-33-12-8-29)15-24(23)30-9-13-34-14-10-30/h1-6,15-16,18H,7-14,17H2,(H,28,32). The molecule has 3 heterocycles. The van der Waals surface area contributed by atoms with Gasteiger partial charge in [-0.15, -0.1) is 0 Å². The summed E-state index contributed by atoms with van der Waals surface area (Å²) in [6, 6.07) is 13.8. The molecule has 5 rings (SSSR count). The molecule has 8 nitrogen and oxygen atoms in total. The van der Waals surface area contributed by atoms with Crippen molar-refractivity contribution in [2.75, 3.05) is 67.7 Å². The van der Waals surface area contributed by atoms with Gasteiger partial charge in [-0.2, -0.15) is 5.10 Å². The van der Waals surface area contributed by atoms with Gasteiger partial charge in [0.1, 0.15) is 0 Å². The van der Waals surface area contributed by atoms with Crippen LogP contribution >= 0.6 is 11.6 Å². The number of hydrogen-bond acceptors (Lipinski definition) is 6. The molecular weight excluding hydrogens is 454 g/mol. The lowest BCUT2D eigenvalue weighted by atomic mass is 10.1. The Labute approximate surface area is 204 Å². The molecule has 0 atom stereocenters. The molecule has 0 radical (unpaired) electrons. The molecule has 2 aliphatic heterocycles. The van der Waals surface area contributed by atoms with Crippen LogP contribution in [-0.2, 0) is 16.0 Å². The van der Waals surface area contributed by atoms with E-state index in [4.69, 9.17) is 21.1 Å². The van der Waals surface area contributed by atoms with Gasteiger partial charge >= 0.3 is 0 Å². The molecule has 0 saturated carbocycles. The van der Waals surface area contributed by atoms with E-state index in [0.717, 1.165) is 62.0 Å². The zero-order valence-corrected chi connectivity index (χ0v) is 19.7. The number of morpholine rings is 2. The highest BCUT2D eigenvalue weighted by Crippen LogP contribution is 2.32. The molecule has 0 aliphatic carbocycles. The summed E-state index contributed by atoms with van der Waals surface area (Å²) in [6.45, 7) is 6.58. The maximum absolute atomic E-state index is 13.1. The van der Waals surface area contributed by atoms with Gasteiger partial charge in [-0.3, -0.25) is 9.48 Å². The Kier molecular flexibility index (Phi) is 6.99. The van der Waals surface area contributed by atoms with Crippen LogP contribution in [0.5, 0.6) is 0 Å². The van der Waals surface area contributed by atoms with E-state index < -0.39 is 0 Å². The van der Waals surface area contributed by atoms with Crippen molar-refractivity contribution in [3.05, 3.63) is 71.0 Å². The van der Waals surface area contributed by atoms with Crippen LogP contribution in [0, 0.1) is 0 Å². The van der Waals surface area contributed by atoms with E-state index in [1.54, 1.807) is 17.1 Å². The maximum Gasteiger partial charge on any atom is 0.258 e. The number of nitrogens with zero attached hydrogens (tertiary/aromatic N) is 4. The fraction of sp³-hybridized carbons (Fsp3) is 0.360. The molecule has 9 heteroatoms. The third-order valence-corrected chi connectivity index (χ3v) is 6.51. The molecule has 178 valence electrons. The van der Waals surface area contributed by atoms with E-state index in [2.05, 4.69) is 32.3 Å². The largest absolute Gasteiger partial charge is 0.378 e. The fourth-order valence-corrected chi connectivity index (χ4v) is 4.47. The van der Waals surface area contributed by atoms with Crippen molar-refractivity contribution < 1.29 is 14.3 Å². The Morgan fingerprint density at radius 3 is 2.41 bits per heavy atom. The van der Waals surface area contributed by atoms with Crippen LogP contribution in [0.2, 0.25) is 5.02 Å². The molecule has 2 aromatic carbocycles. The Bertz CT molecular complexity index is 1140. The van der Waals surface area contributed by atoms with E-state index in [-0.39, 0.29) is 5.91 Å². The molecule has 2 saturated heterocycles. The minimum absolute atomic E-state index is 0.195. The summed E-state index contributed by atoms with van der Waals surface area (Å²) >= 11 is 6.27. The molecule has 2 fully saturated rings. The quantitative estimate of drug-likeness (QED) is 0.581. The molecule has 0 unspecified atom stereocenters. The summed E-state index contributed by atoms with van der Waals surface area (Å²) in [4.78, 5) is 17.7. The van der Waals surface area contributed by atoms with Gasteiger partial charge in [0.05, 0.1) is 56.1 Å². The van der Waals surface area contributed by atoms with Gasteiger partial charge in [0, 0.05) is 43.1 Å². The zero-order valence-electron chi connectivity index (χ0n) is 19.0.